The molecule has 22 heavy (non-hydrogen) atoms. The number of benzene rings is 1. The van der Waals surface area contributed by atoms with Crippen LogP contribution in [0.4, 0.5) is 0 Å². The average Bonchev–Trinajstić information content (AvgIpc) is 2.56. The lowest BCUT2D eigenvalue weighted by atomic mass is 9.96. The van der Waals surface area contributed by atoms with Crippen molar-refractivity contribution < 1.29 is 8.42 Å². The fraction of sp³-hybridized carbons (Fsp3) is 0.333. The van der Waals surface area contributed by atoms with E-state index in [2.05, 4.69) is 9.97 Å². The lowest BCUT2D eigenvalue weighted by molar-refractivity contribution is 0.312. The Balaban J connectivity index is 1.86. The van der Waals surface area contributed by atoms with Crippen molar-refractivity contribution in [2.75, 3.05) is 13.1 Å². The molecule has 0 spiro atoms. The monoisotopic (exact) mass is 319 g/mol. The predicted octanol–water partition coefficient (Wildman–Crippen LogP) is 1.34. The second-order valence-electron chi connectivity index (χ2n) is 5.35. The molecule has 1 aliphatic heterocycles. The number of nitrogens with zero attached hydrogens (tertiary/aromatic N) is 2. The van der Waals surface area contributed by atoms with E-state index >= 15 is 0 Å². The van der Waals surface area contributed by atoms with Crippen molar-refractivity contribution in [3.8, 4) is 0 Å². The average molecular weight is 319 g/mol. The van der Waals surface area contributed by atoms with Gasteiger partial charge in [0.05, 0.1) is 4.90 Å². The Bertz CT molecular complexity index is 802. The first-order chi connectivity index (χ1) is 10.6. The van der Waals surface area contributed by atoms with Crippen molar-refractivity contribution in [3.63, 3.8) is 0 Å². The Labute approximate surface area is 128 Å². The summed E-state index contributed by atoms with van der Waals surface area (Å²) in [5.74, 6) is -0.0112. The fourth-order valence-corrected chi connectivity index (χ4v) is 4.32. The molecule has 1 aromatic heterocycles. The third-order valence-electron chi connectivity index (χ3n) is 3.90. The summed E-state index contributed by atoms with van der Waals surface area (Å²) < 4.78 is 26.8. The van der Waals surface area contributed by atoms with Gasteiger partial charge in [-0.1, -0.05) is 18.2 Å². The maximum absolute atomic E-state index is 12.7. The molecule has 0 amide bonds. The normalized spacial score (nSPS) is 19.9. The van der Waals surface area contributed by atoms with Crippen molar-refractivity contribution in [3.05, 3.63) is 58.8 Å². The first-order valence-electron chi connectivity index (χ1n) is 7.18. The van der Waals surface area contributed by atoms with Crippen LogP contribution in [0, 0.1) is 0 Å². The van der Waals surface area contributed by atoms with Gasteiger partial charge in [-0.25, -0.2) is 18.2 Å². The van der Waals surface area contributed by atoms with Gasteiger partial charge in [-0.2, -0.15) is 4.31 Å². The molecular formula is C15H17N3O3S. The highest BCUT2D eigenvalue weighted by atomic mass is 32.2. The zero-order chi connectivity index (χ0) is 15.6. The standard InChI is InChI=1S/C15H17N3O3S/c19-15-16-9-8-14(17-15)12-5-4-10-18(11-12)22(20,21)13-6-2-1-3-7-13/h1-3,6-9,12H,4-5,10-11H2,(H,16,17,19)/t12-/m1/s1. The van der Waals surface area contributed by atoms with Gasteiger partial charge >= 0.3 is 5.69 Å². The Morgan fingerprint density at radius 3 is 2.68 bits per heavy atom. The minimum Gasteiger partial charge on any atom is -0.309 e. The van der Waals surface area contributed by atoms with Crippen LogP contribution in [0.3, 0.4) is 0 Å². The molecule has 0 bridgehead atoms. The number of aromatic nitrogens is 2. The topological polar surface area (TPSA) is 83.1 Å². The van der Waals surface area contributed by atoms with Crippen LogP contribution in [-0.4, -0.2) is 35.8 Å². The molecule has 1 fully saturated rings. The summed E-state index contributed by atoms with van der Waals surface area (Å²) in [5.41, 5.74) is 0.341. The molecule has 3 rings (SSSR count). The van der Waals surface area contributed by atoms with Crippen LogP contribution in [-0.2, 0) is 10.0 Å². The zero-order valence-electron chi connectivity index (χ0n) is 12.0. The number of H-pyrrole nitrogens is 1. The summed E-state index contributed by atoms with van der Waals surface area (Å²) in [5, 5.41) is 0. The molecule has 0 aliphatic carbocycles. The Morgan fingerprint density at radius 1 is 1.18 bits per heavy atom. The third-order valence-corrected chi connectivity index (χ3v) is 5.78. The molecule has 0 radical (unpaired) electrons. The van der Waals surface area contributed by atoms with Crippen molar-refractivity contribution >= 4 is 10.0 Å². The van der Waals surface area contributed by atoms with E-state index in [4.69, 9.17) is 0 Å². The van der Waals surface area contributed by atoms with Crippen LogP contribution in [0.15, 0.2) is 52.3 Å². The van der Waals surface area contributed by atoms with E-state index in [1.807, 2.05) is 0 Å². The van der Waals surface area contributed by atoms with Gasteiger partial charge in [0.1, 0.15) is 0 Å². The molecule has 1 aromatic carbocycles. The van der Waals surface area contributed by atoms with Gasteiger partial charge in [0.15, 0.2) is 0 Å². The van der Waals surface area contributed by atoms with Crippen LogP contribution >= 0.6 is 0 Å². The molecular weight excluding hydrogens is 302 g/mol. The van der Waals surface area contributed by atoms with Crippen molar-refractivity contribution in [2.45, 2.75) is 23.7 Å². The number of sulfonamides is 1. The largest absolute Gasteiger partial charge is 0.345 e. The van der Waals surface area contributed by atoms with Gasteiger partial charge in [-0.15, -0.1) is 0 Å². The highest BCUT2D eigenvalue weighted by molar-refractivity contribution is 7.89. The molecule has 1 N–H and O–H groups in total. The summed E-state index contributed by atoms with van der Waals surface area (Å²) >= 11 is 0. The van der Waals surface area contributed by atoms with Crippen LogP contribution < -0.4 is 5.69 Å². The van der Waals surface area contributed by atoms with Gasteiger partial charge in [0.2, 0.25) is 10.0 Å². The molecule has 0 saturated carbocycles. The molecule has 0 unspecified atom stereocenters. The number of piperidine rings is 1. The minimum atomic E-state index is -3.49. The Kier molecular flexibility index (Phi) is 4.08. The first-order valence-corrected chi connectivity index (χ1v) is 8.62. The van der Waals surface area contributed by atoms with Gasteiger partial charge in [-0.05, 0) is 31.0 Å². The summed E-state index contributed by atoms with van der Waals surface area (Å²) in [6.45, 7) is 0.875. The van der Waals surface area contributed by atoms with Gasteiger partial charge in [0, 0.05) is 30.9 Å². The molecule has 2 aromatic rings. The smallest absolute Gasteiger partial charge is 0.309 e. The number of hydrogen-bond donors (Lipinski definition) is 1. The van der Waals surface area contributed by atoms with E-state index in [-0.39, 0.29) is 5.92 Å². The Morgan fingerprint density at radius 2 is 1.95 bits per heavy atom. The molecule has 116 valence electrons. The number of nitrogens with one attached hydrogen (secondary N) is 1. The second-order valence-corrected chi connectivity index (χ2v) is 7.28. The van der Waals surface area contributed by atoms with E-state index < -0.39 is 15.7 Å². The molecule has 1 saturated heterocycles. The molecule has 7 heteroatoms. The summed E-state index contributed by atoms with van der Waals surface area (Å²) in [6.07, 6.45) is 3.07. The number of aromatic amines is 1. The maximum Gasteiger partial charge on any atom is 0.345 e. The lowest BCUT2D eigenvalue weighted by Crippen LogP contribution is -2.39. The molecule has 6 nitrogen and oxygen atoms in total. The van der Waals surface area contributed by atoms with E-state index in [0.29, 0.717) is 18.0 Å². The third kappa shape index (κ3) is 2.95. The highest BCUT2D eigenvalue weighted by Gasteiger charge is 2.31. The molecule has 2 heterocycles. The summed E-state index contributed by atoms with van der Waals surface area (Å²) in [6, 6.07) is 10.2. The highest BCUT2D eigenvalue weighted by Crippen LogP contribution is 2.28. The number of rotatable bonds is 3. The first kappa shape index (κ1) is 14.9. The van der Waals surface area contributed by atoms with Crippen LogP contribution in [0.1, 0.15) is 24.5 Å². The second kappa shape index (κ2) is 6.02. The van der Waals surface area contributed by atoms with Gasteiger partial charge < -0.3 is 4.98 Å². The molecule has 1 aliphatic rings. The number of hydrogen-bond acceptors (Lipinski definition) is 4. The maximum atomic E-state index is 12.7. The minimum absolute atomic E-state index is 0.0112. The van der Waals surface area contributed by atoms with E-state index in [1.54, 1.807) is 36.4 Å². The zero-order valence-corrected chi connectivity index (χ0v) is 12.8. The van der Waals surface area contributed by atoms with Crippen molar-refractivity contribution in [2.24, 2.45) is 0 Å². The Hall–Kier alpha value is -1.99. The van der Waals surface area contributed by atoms with Gasteiger partial charge in [-0.3, -0.25) is 0 Å². The van der Waals surface area contributed by atoms with Crippen molar-refractivity contribution in [1.82, 2.24) is 14.3 Å². The lowest BCUT2D eigenvalue weighted by Gasteiger charge is -2.31. The molecule has 1 atom stereocenters. The van der Waals surface area contributed by atoms with E-state index in [0.717, 1.165) is 18.5 Å². The van der Waals surface area contributed by atoms with E-state index in [9.17, 15) is 13.2 Å². The van der Waals surface area contributed by atoms with Crippen molar-refractivity contribution in [1.29, 1.82) is 0 Å². The SMILES string of the molecule is O=c1nccc([C@@H]2CCCN(S(=O)(=O)c3ccccc3)C2)[nH]1. The quantitative estimate of drug-likeness (QED) is 0.925. The van der Waals surface area contributed by atoms with Crippen LogP contribution in [0.5, 0.6) is 0 Å². The fourth-order valence-electron chi connectivity index (χ4n) is 2.78. The van der Waals surface area contributed by atoms with Gasteiger partial charge in [0.25, 0.3) is 0 Å². The summed E-state index contributed by atoms with van der Waals surface area (Å²) in [4.78, 5) is 17.9. The predicted molar refractivity (Wildman–Crippen MR) is 82.0 cm³/mol. The summed E-state index contributed by atoms with van der Waals surface area (Å²) in [7, 11) is -3.49. The van der Waals surface area contributed by atoms with Crippen LogP contribution in [0.2, 0.25) is 0 Å². The van der Waals surface area contributed by atoms with Crippen LogP contribution in [0.25, 0.3) is 0 Å². The van der Waals surface area contributed by atoms with E-state index in [1.165, 1.54) is 10.5 Å².